The second kappa shape index (κ2) is 7.92. The number of hydrogen-bond donors (Lipinski definition) is 1. The molecule has 3 aromatic rings. The van der Waals surface area contributed by atoms with Crippen LogP contribution in [0.25, 0.3) is 17.4 Å². The molecule has 1 N–H and O–H groups in total. The van der Waals surface area contributed by atoms with E-state index in [1.54, 1.807) is 43.3 Å². The zero-order chi connectivity index (χ0) is 19.4. The number of carboxylic acids is 1. The Morgan fingerprint density at radius 2 is 2.00 bits per heavy atom. The Bertz CT molecular complexity index is 1020. The van der Waals surface area contributed by atoms with Gasteiger partial charge in [-0.2, -0.15) is 0 Å². The molecule has 0 aliphatic rings. The van der Waals surface area contributed by atoms with E-state index in [0.717, 1.165) is 11.8 Å². The highest BCUT2D eigenvalue weighted by Crippen LogP contribution is 2.29. The zero-order valence-corrected chi connectivity index (χ0v) is 15.1. The first-order valence-corrected chi connectivity index (χ1v) is 8.49. The van der Waals surface area contributed by atoms with Gasteiger partial charge in [0.25, 0.3) is 5.22 Å². The molecule has 0 amide bonds. The van der Waals surface area contributed by atoms with Crippen molar-refractivity contribution in [2.24, 2.45) is 0 Å². The lowest BCUT2D eigenvalue weighted by Gasteiger charge is -2.01. The first kappa shape index (κ1) is 18.5. The van der Waals surface area contributed by atoms with E-state index in [-0.39, 0.29) is 10.1 Å². The number of furan rings is 1. The number of aliphatic carboxylic acids is 1. The normalized spacial score (nSPS) is 11.4. The lowest BCUT2D eigenvalue weighted by atomic mass is 10.1. The number of esters is 1. The molecule has 0 bridgehead atoms. The summed E-state index contributed by atoms with van der Waals surface area (Å²) in [4.78, 5) is 23.1. The van der Waals surface area contributed by atoms with E-state index in [2.05, 4.69) is 10.2 Å². The number of methoxy groups -OCH3 is 1. The Morgan fingerprint density at radius 3 is 2.67 bits per heavy atom. The molecule has 27 heavy (non-hydrogen) atoms. The largest absolute Gasteiger partial charge is 0.477 e. The van der Waals surface area contributed by atoms with Crippen LogP contribution < -0.4 is 0 Å². The summed E-state index contributed by atoms with van der Waals surface area (Å²) in [5.74, 6) is -0.456. The molecule has 9 heteroatoms. The number of nitrogens with zero attached hydrogens (tertiary/aromatic N) is 2. The van der Waals surface area contributed by atoms with Crippen molar-refractivity contribution in [2.45, 2.75) is 12.1 Å². The second-order valence-electron chi connectivity index (χ2n) is 5.28. The van der Waals surface area contributed by atoms with Crippen LogP contribution in [0.2, 0.25) is 0 Å². The predicted octanol–water partition coefficient (Wildman–Crippen LogP) is 3.64. The number of ether oxygens (including phenoxy) is 1. The van der Waals surface area contributed by atoms with Crippen LogP contribution in [0.1, 0.15) is 22.0 Å². The van der Waals surface area contributed by atoms with Gasteiger partial charge in [0, 0.05) is 18.6 Å². The highest BCUT2D eigenvalue weighted by molar-refractivity contribution is 8.03. The molecule has 2 aromatic heterocycles. The van der Waals surface area contributed by atoms with Crippen LogP contribution in [0.15, 0.2) is 55.4 Å². The van der Waals surface area contributed by atoms with Gasteiger partial charge in [0.1, 0.15) is 16.4 Å². The molecule has 0 atom stereocenters. The van der Waals surface area contributed by atoms with Gasteiger partial charge in [-0.05, 0) is 36.0 Å². The minimum Gasteiger partial charge on any atom is -0.477 e. The minimum atomic E-state index is -1.15. The Kier molecular flexibility index (Phi) is 5.41. The Balaban J connectivity index is 1.86. The molecule has 0 saturated carbocycles. The molecule has 0 spiro atoms. The van der Waals surface area contributed by atoms with Crippen LogP contribution in [0.3, 0.4) is 0 Å². The summed E-state index contributed by atoms with van der Waals surface area (Å²) >= 11 is 0.827. The van der Waals surface area contributed by atoms with E-state index in [0.29, 0.717) is 28.5 Å². The van der Waals surface area contributed by atoms with E-state index in [9.17, 15) is 14.7 Å². The summed E-state index contributed by atoms with van der Waals surface area (Å²) < 4.78 is 15.6. The van der Waals surface area contributed by atoms with Crippen molar-refractivity contribution in [3.8, 4) is 11.3 Å². The highest BCUT2D eigenvalue weighted by atomic mass is 32.2. The van der Waals surface area contributed by atoms with Gasteiger partial charge < -0.3 is 18.7 Å². The molecule has 0 radical (unpaired) electrons. The van der Waals surface area contributed by atoms with E-state index in [4.69, 9.17) is 13.6 Å². The fourth-order valence-corrected chi connectivity index (χ4v) is 2.88. The van der Waals surface area contributed by atoms with Gasteiger partial charge in [-0.1, -0.05) is 12.1 Å². The van der Waals surface area contributed by atoms with Crippen molar-refractivity contribution in [2.75, 3.05) is 7.11 Å². The first-order valence-electron chi connectivity index (χ1n) is 7.68. The third-order valence-corrected chi connectivity index (χ3v) is 4.24. The van der Waals surface area contributed by atoms with Crippen LogP contribution in [0.4, 0.5) is 0 Å². The van der Waals surface area contributed by atoms with Gasteiger partial charge in [0.15, 0.2) is 0 Å². The fourth-order valence-electron chi connectivity index (χ4n) is 2.18. The molecular weight excluding hydrogens is 372 g/mol. The smallest absolute Gasteiger partial charge is 0.342 e. The molecule has 0 saturated heterocycles. The Labute approximate surface area is 157 Å². The highest BCUT2D eigenvalue weighted by Gasteiger charge is 2.16. The third kappa shape index (κ3) is 4.45. The molecule has 3 rings (SSSR count). The monoisotopic (exact) mass is 386 g/mol. The topological polar surface area (TPSA) is 116 Å². The van der Waals surface area contributed by atoms with Gasteiger partial charge in [-0.15, -0.1) is 10.2 Å². The van der Waals surface area contributed by atoms with Crippen LogP contribution in [0, 0.1) is 6.92 Å². The molecule has 0 fully saturated rings. The number of rotatable bonds is 6. The zero-order valence-electron chi connectivity index (χ0n) is 14.3. The summed E-state index contributed by atoms with van der Waals surface area (Å²) in [5.41, 5.74) is 1.05. The molecule has 1 aromatic carbocycles. The Hall–Kier alpha value is -3.33. The summed E-state index contributed by atoms with van der Waals surface area (Å²) in [6, 6.07) is 10.0. The van der Waals surface area contributed by atoms with Crippen molar-refractivity contribution in [3.63, 3.8) is 0 Å². The number of carbonyl (C=O) groups is 2. The maximum atomic E-state index is 11.6. The average Bonchev–Trinajstić information content (AvgIpc) is 3.29. The SMILES string of the molecule is COC(=O)c1cccc(-c2ccc(/C=C(\Sc3nnc(C)o3)C(=O)O)o2)c1. The van der Waals surface area contributed by atoms with Gasteiger partial charge in [-0.25, -0.2) is 9.59 Å². The van der Waals surface area contributed by atoms with Gasteiger partial charge >= 0.3 is 11.9 Å². The maximum Gasteiger partial charge on any atom is 0.342 e. The quantitative estimate of drug-likeness (QED) is 0.385. The summed E-state index contributed by atoms with van der Waals surface area (Å²) in [7, 11) is 1.31. The summed E-state index contributed by atoms with van der Waals surface area (Å²) in [6.45, 7) is 1.61. The van der Waals surface area contributed by atoms with Gasteiger partial charge in [0.2, 0.25) is 5.89 Å². The maximum absolute atomic E-state index is 11.6. The molecule has 138 valence electrons. The van der Waals surface area contributed by atoms with Crippen molar-refractivity contribution in [1.82, 2.24) is 10.2 Å². The standard InChI is InChI=1S/C18H14N2O6S/c1-10-19-20-18(25-10)27-15(16(21)22)9-13-6-7-14(26-13)11-4-3-5-12(8-11)17(23)24-2/h3-9H,1-2H3,(H,21,22)/b15-9-. The van der Waals surface area contributed by atoms with E-state index in [1.807, 2.05) is 0 Å². The molecule has 0 unspecified atom stereocenters. The second-order valence-corrected chi connectivity index (χ2v) is 6.27. The number of thioether (sulfide) groups is 1. The predicted molar refractivity (Wildman–Crippen MR) is 96.0 cm³/mol. The number of benzene rings is 1. The van der Waals surface area contributed by atoms with E-state index >= 15 is 0 Å². The molecular formula is C18H14N2O6S. The minimum absolute atomic E-state index is 0.0390. The third-order valence-electron chi connectivity index (χ3n) is 3.38. The number of carbonyl (C=O) groups excluding carboxylic acids is 1. The van der Waals surface area contributed by atoms with Crippen LogP contribution in [-0.2, 0) is 9.53 Å². The van der Waals surface area contributed by atoms with Crippen molar-refractivity contribution in [1.29, 1.82) is 0 Å². The lowest BCUT2D eigenvalue weighted by molar-refractivity contribution is -0.131. The average molecular weight is 386 g/mol. The van der Waals surface area contributed by atoms with Crippen LogP contribution in [0.5, 0.6) is 0 Å². The molecule has 2 heterocycles. The first-order chi connectivity index (χ1) is 13.0. The van der Waals surface area contributed by atoms with Crippen LogP contribution in [-0.4, -0.2) is 34.4 Å². The molecule has 0 aliphatic carbocycles. The summed E-state index contributed by atoms with van der Waals surface area (Å²) in [6.07, 6.45) is 1.36. The van der Waals surface area contributed by atoms with Crippen molar-refractivity contribution in [3.05, 3.63) is 58.5 Å². The molecule has 0 aliphatic heterocycles. The van der Waals surface area contributed by atoms with Crippen molar-refractivity contribution >= 4 is 29.8 Å². The number of aromatic nitrogens is 2. The van der Waals surface area contributed by atoms with Gasteiger partial charge in [0.05, 0.1) is 12.7 Å². The van der Waals surface area contributed by atoms with E-state index < -0.39 is 11.9 Å². The fraction of sp³-hybridized carbons (Fsp3) is 0.111. The lowest BCUT2D eigenvalue weighted by Crippen LogP contribution is -2.00. The number of hydrogen-bond acceptors (Lipinski definition) is 8. The van der Waals surface area contributed by atoms with Gasteiger partial charge in [-0.3, -0.25) is 0 Å². The van der Waals surface area contributed by atoms with Crippen molar-refractivity contribution < 1.29 is 28.3 Å². The molecule has 8 nitrogen and oxygen atoms in total. The number of carboxylic acid groups (broad SMARTS) is 1. The van der Waals surface area contributed by atoms with Crippen LogP contribution >= 0.6 is 11.8 Å². The number of aryl methyl sites for hydroxylation is 1. The summed E-state index contributed by atoms with van der Waals surface area (Å²) in [5, 5.41) is 16.9. The Morgan fingerprint density at radius 1 is 1.19 bits per heavy atom. The van der Waals surface area contributed by atoms with E-state index in [1.165, 1.54) is 13.2 Å².